The summed E-state index contributed by atoms with van der Waals surface area (Å²) in [6.07, 6.45) is 16.1. The zero-order valence-corrected chi connectivity index (χ0v) is 18.5. The summed E-state index contributed by atoms with van der Waals surface area (Å²) in [4.78, 5) is 4.60. The van der Waals surface area contributed by atoms with E-state index in [0.29, 0.717) is 0 Å². The Labute approximate surface area is 178 Å². The van der Waals surface area contributed by atoms with Crippen molar-refractivity contribution in [3.63, 3.8) is 0 Å². The standard InChI is InChI=1S/C27H39NO/c1-3-5-7-9-10-12-22-29-27-20-16-25(17-21-27)23-28-26-18-14-24(15-19-26)13-11-8-6-4-2/h14-21,23H,3-13,22H2,1-2H3. The van der Waals surface area contributed by atoms with E-state index in [4.69, 9.17) is 4.74 Å². The highest BCUT2D eigenvalue weighted by molar-refractivity contribution is 5.82. The molecule has 2 aromatic carbocycles. The summed E-state index contributed by atoms with van der Waals surface area (Å²) in [6.45, 7) is 5.32. The minimum atomic E-state index is 0.810. The summed E-state index contributed by atoms with van der Waals surface area (Å²) in [5.41, 5.74) is 3.51. The molecule has 2 aromatic rings. The third-order valence-corrected chi connectivity index (χ3v) is 5.26. The number of ether oxygens (including phenoxy) is 1. The van der Waals surface area contributed by atoms with Crippen molar-refractivity contribution in [1.29, 1.82) is 0 Å². The van der Waals surface area contributed by atoms with Crippen molar-refractivity contribution in [3.8, 4) is 5.75 Å². The molecule has 0 amide bonds. The summed E-state index contributed by atoms with van der Waals surface area (Å²) >= 11 is 0. The Balaban J connectivity index is 1.69. The highest BCUT2D eigenvalue weighted by atomic mass is 16.5. The molecule has 0 radical (unpaired) electrons. The van der Waals surface area contributed by atoms with Crippen molar-refractivity contribution in [2.45, 2.75) is 84.5 Å². The number of aliphatic imine (C=N–C) groups is 1. The lowest BCUT2D eigenvalue weighted by atomic mass is 10.1. The molecule has 0 atom stereocenters. The van der Waals surface area contributed by atoms with Gasteiger partial charge in [-0.1, -0.05) is 77.3 Å². The Hall–Kier alpha value is -2.09. The van der Waals surface area contributed by atoms with E-state index in [1.54, 1.807) is 0 Å². The largest absolute Gasteiger partial charge is 0.494 e. The van der Waals surface area contributed by atoms with Crippen molar-refractivity contribution in [2.75, 3.05) is 6.61 Å². The first-order valence-corrected chi connectivity index (χ1v) is 11.7. The van der Waals surface area contributed by atoms with Gasteiger partial charge in [-0.3, -0.25) is 4.99 Å². The highest BCUT2D eigenvalue weighted by Crippen LogP contribution is 2.17. The number of hydrogen-bond acceptors (Lipinski definition) is 2. The van der Waals surface area contributed by atoms with Gasteiger partial charge in [0.25, 0.3) is 0 Å². The fourth-order valence-corrected chi connectivity index (χ4v) is 3.38. The molecule has 2 heteroatoms. The van der Waals surface area contributed by atoms with Crippen LogP contribution in [0.1, 0.15) is 89.2 Å². The van der Waals surface area contributed by atoms with E-state index in [0.717, 1.165) is 30.0 Å². The van der Waals surface area contributed by atoms with Gasteiger partial charge < -0.3 is 4.74 Å². The van der Waals surface area contributed by atoms with Crippen LogP contribution in [0.15, 0.2) is 53.5 Å². The molecule has 0 fully saturated rings. The Morgan fingerprint density at radius 1 is 0.690 bits per heavy atom. The van der Waals surface area contributed by atoms with Crippen LogP contribution in [-0.4, -0.2) is 12.8 Å². The molecule has 0 aliphatic heterocycles. The molecular formula is C27H39NO. The molecule has 0 aliphatic carbocycles. The molecule has 0 saturated carbocycles. The van der Waals surface area contributed by atoms with Gasteiger partial charge in [-0.25, -0.2) is 0 Å². The van der Waals surface area contributed by atoms with Crippen LogP contribution in [0.3, 0.4) is 0 Å². The third kappa shape index (κ3) is 10.3. The second kappa shape index (κ2) is 14.8. The fraction of sp³-hybridized carbons (Fsp3) is 0.519. The molecule has 0 aromatic heterocycles. The molecular weight excluding hydrogens is 354 g/mol. The van der Waals surface area contributed by atoms with Crippen molar-refractivity contribution >= 4 is 11.9 Å². The molecule has 0 bridgehead atoms. The lowest BCUT2D eigenvalue weighted by molar-refractivity contribution is 0.304. The number of benzene rings is 2. The van der Waals surface area contributed by atoms with E-state index in [1.807, 2.05) is 18.3 Å². The van der Waals surface area contributed by atoms with Gasteiger partial charge in [0.2, 0.25) is 0 Å². The van der Waals surface area contributed by atoms with Crippen LogP contribution < -0.4 is 4.74 Å². The average Bonchev–Trinajstić information content (AvgIpc) is 2.76. The number of unbranched alkanes of at least 4 members (excludes halogenated alkanes) is 8. The van der Waals surface area contributed by atoms with Crippen LogP contribution in [0, 0.1) is 0 Å². The normalized spacial score (nSPS) is 11.2. The predicted octanol–water partition coefficient (Wildman–Crippen LogP) is 8.30. The van der Waals surface area contributed by atoms with E-state index < -0.39 is 0 Å². The molecule has 2 rings (SSSR count). The Bertz CT molecular complexity index is 673. The van der Waals surface area contributed by atoms with Crippen LogP contribution >= 0.6 is 0 Å². The van der Waals surface area contributed by atoms with Crippen LogP contribution in [0.25, 0.3) is 0 Å². The predicted molar refractivity (Wildman–Crippen MR) is 127 cm³/mol. The Morgan fingerprint density at radius 3 is 2.00 bits per heavy atom. The lowest BCUT2D eigenvalue weighted by Gasteiger charge is -2.06. The van der Waals surface area contributed by atoms with Gasteiger partial charge in [0.15, 0.2) is 0 Å². The smallest absolute Gasteiger partial charge is 0.119 e. The second-order valence-corrected chi connectivity index (χ2v) is 7.92. The van der Waals surface area contributed by atoms with Crippen molar-refractivity contribution in [2.24, 2.45) is 4.99 Å². The van der Waals surface area contributed by atoms with E-state index in [1.165, 1.54) is 69.8 Å². The highest BCUT2D eigenvalue weighted by Gasteiger charge is 1.97. The summed E-state index contributed by atoms with van der Waals surface area (Å²) in [6, 6.07) is 16.9. The molecule has 0 unspecified atom stereocenters. The molecule has 0 spiro atoms. The van der Waals surface area contributed by atoms with Crippen LogP contribution in [0.2, 0.25) is 0 Å². The fourth-order valence-electron chi connectivity index (χ4n) is 3.38. The summed E-state index contributed by atoms with van der Waals surface area (Å²) in [5, 5.41) is 0. The van der Waals surface area contributed by atoms with Gasteiger partial charge in [-0.2, -0.15) is 0 Å². The van der Waals surface area contributed by atoms with Crippen LogP contribution in [-0.2, 0) is 6.42 Å². The summed E-state index contributed by atoms with van der Waals surface area (Å²) in [5.74, 6) is 0.947. The Kier molecular flexibility index (Phi) is 11.9. The van der Waals surface area contributed by atoms with Gasteiger partial charge in [0.05, 0.1) is 12.3 Å². The van der Waals surface area contributed by atoms with Gasteiger partial charge >= 0.3 is 0 Å². The maximum Gasteiger partial charge on any atom is 0.119 e. The maximum atomic E-state index is 5.85. The first-order chi connectivity index (χ1) is 14.3. The summed E-state index contributed by atoms with van der Waals surface area (Å²) in [7, 11) is 0. The van der Waals surface area contributed by atoms with Crippen molar-refractivity contribution in [3.05, 3.63) is 59.7 Å². The zero-order valence-electron chi connectivity index (χ0n) is 18.5. The molecule has 158 valence electrons. The van der Waals surface area contributed by atoms with E-state index in [9.17, 15) is 0 Å². The molecule has 0 N–H and O–H groups in total. The van der Waals surface area contributed by atoms with Crippen LogP contribution in [0.5, 0.6) is 5.75 Å². The van der Waals surface area contributed by atoms with Crippen molar-refractivity contribution < 1.29 is 4.74 Å². The van der Waals surface area contributed by atoms with Gasteiger partial charge in [0.1, 0.15) is 5.75 Å². The first kappa shape index (κ1) is 23.2. The van der Waals surface area contributed by atoms with E-state index >= 15 is 0 Å². The zero-order chi connectivity index (χ0) is 20.6. The van der Waals surface area contributed by atoms with Gasteiger partial charge in [0, 0.05) is 6.21 Å². The SMILES string of the molecule is CCCCCCCCOc1ccc(C=Nc2ccc(CCCCCC)cc2)cc1. The average molecular weight is 394 g/mol. The molecule has 0 heterocycles. The van der Waals surface area contributed by atoms with Gasteiger partial charge in [-0.05, 0) is 66.8 Å². The number of aryl methyl sites for hydroxylation is 1. The quantitative estimate of drug-likeness (QED) is 0.220. The number of hydrogen-bond donors (Lipinski definition) is 0. The van der Waals surface area contributed by atoms with E-state index in [2.05, 4.69) is 55.2 Å². The first-order valence-electron chi connectivity index (χ1n) is 11.7. The monoisotopic (exact) mass is 393 g/mol. The number of rotatable bonds is 15. The van der Waals surface area contributed by atoms with Crippen molar-refractivity contribution in [1.82, 2.24) is 0 Å². The van der Waals surface area contributed by atoms with E-state index in [-0.39, 0.29) is 0 Å². The number of nitrogens with zero attached hydrogens (tertiary/aromatic N) is 1. The third-order valence-electron chi connectivity index (χ3n) is 5.26. The van der Waals surface area contributed by atoms with Gasteiger partial charge in [-0.15, -0.1) is 0 Å². The molecule has 29 heavy (non-hydrogen) atoms. The molecule has 0 aliphatic rings. The molecule has 0 saturated heterocycles. The lowest BCUT2D eigenvalue weighted by Crippen LogP contribution is -1.97. The maximum absolute atomic E-state index is 5.85. The Morgan fingerprint density at radius 2 is 1.31 bits per heavy atom. The topological polar surface area (TPSA) is 21.6 Å². The second-order valence-electron chi connectivity index (χ2n) is 7.92. The summed E-state index contributed by atoms with van der Waals surface area (Å²) < 4.78 is 5.85. The molecule has 2 nitrogen and oxygen atoms in total. The minimum absolute atomic E-state index is 0.810. The van der Waals surface area contributed by atoms with Crippen LogP contribution in [0.4, 0.5) is 5.69 Å². The minimum Gasteiger partial charge on any atom is -0.494 e.